The molecular formula is C6H10O2. The van der Waals surface area contributed by atoms with Crippen molar-refractivity contribution in [2.45, 2.75) is 12.8 Å². The maximum Gasteiger partial charge on any atom is 0.0856 e. The van der Waals surface area contributed by atoms with Crippen molar-refractivity contribution in [3.8, 4) is 0 Å². The molecule has 0 aliphatic carbocycles. The SMILES string of the molecule is C1=CCCOOCC1. The van der Waals surface area contributed by atoms with Crippen molar-refractivity contribution in [1.82, 2.24) is 0 Å². The fraction of sp³-hybridized carbons (Fsp3) is 0.667. The van der Waals surface area contributed by atoms with E-state index >= 15 is 0 Å². The van der Waals surface area contributed by atoms with Crippen molar-refractivity contribution >= 4 is 0 Å². The van der Waals surface area contributed by atoms with Crippen molar-refractivity contribution < 1.29 is 9.78 Å². The zero-order chi connectivity index (χ0) is 5.66. The van der Waals surface area contributed by atoms with Gasteiger partial charge in [0.05, 0.1) is 13.2 Å². The second-order valence-corrected chi connectivity index (χ2v) is 1.69. The van der Waals surface area contributed by atoms with E-state index in [4.69, 9.17) is 9.78 Å². The molecule has 46 valence electrons. The molecule has 1 heterocycles. The Balaban J connectivity index is 2.17. The maximum atomic E-state index is 4.72. The number of hydrogen-bond acceptors (Lipinski definition) is 2. The van der Waals surface area contributed by atoms with Crippen LogP contribution in [0.2, 0.25) is 0 Å². The summed E-state index contributed by atoms with van der Waals surface area (Å²) in [6.45, 7) is 1.38. The van der Waals surface area contributed by atoms with Crippen LogP contribution in [0.4, 0.5) is 0 Å². The summed E-state index contributed by atoms with van der Waals surface area (Å²) in [5.41, 5.74) is 0. The molecule has 0 aromatic rings. The molecule has 1 rings (SSSR count). The van der Waals surface area contributed by atoms with Crippen LogP contribution in [0.3, 0.4) is 0 Å². The first-order chi connectivity index (χ1) is 4.00. The van der Waals surface area contributed by atoms with Gasteiger partial charge in [0.15, 0.2) is 0 Å². The van der Waals surface area contributed by atoms with Gasteiger partial charge in [-0.1, -0.05) is 12.2 Å². The molecule has 0 spiro atoms. The third kappa shape index (κ3) is 2.09. The van der Waals surface area contributed by atoms with Crippen LogP contribution in [0.5, 0.6) is 0 Å². The molecule has 0 aromatic heterocycles. The fourth-order valence-corrected chi connectivity index (χ4v) is 0.586. The van der Waals surface area contributed by atoms with Gasteiger partial charge in [-0.3, -0.25) is 0 Å². The molecule has 1 aliphatic heterocycles. The van der Waals surface area contributed by atoms with Crippen LogP contribution in [0.1, 0.15) is 12.8 Å². The molecule has 0 N–H and O–H groups in total. The quantitative estimate of drug-likeness (QED) is 0.349. The van der Waals surface area contributed by atoms with Crippen LogP contribution in [-0.2, 0) is 9.78 Å². The normalized spacial score (nSPS) is 22.0. The summed E-state index contributed by atoms with van der Waals surface area (Å²) < 4.78 is 0. The van der Waals surface area contributed by atoms with E-state index < -0.39 is 0 Å². The molecule has 1 aliphatic rings. The van der Waals surface area contributed by atoms with Crippen LogP contribution in [0.15, 0.2) is 12.2 Å². The van der Waals surface area contributed by atoms with Gasteiger partial charge in [-0.25, -0.2) is 9.78 Å². The molecule has 0 bridgehead atoms. The van der Waals surface area contributed by atoms with Crippen molar-refractivity contribution in [1.29, 1.82) is 0 Å². The Bertz CT molecular complexity index is 68.6. The standard InChI is InChI=1S/C6H10O2/c1-2-4-6-8-7-5-3-1/h1-2H,3-6H2. The highest BCUT2D eigenvalue weighted by atomic mass is 17.2. The Labute approximate surface area is 49.0 Å². The van der Waals surface area contributed by atoms with Crippen molar-refractivity contribution in [3.63, 3.8) is 0 Å². The second-order valence-electron chi connectivity index (χ2n) is 1.69. The predicted molar refractivity (Wildman–Crippen MR) is 30.3 cm³/mol. The van der Waals surface area contributed by atoms with Crippen molar-refractivity contribution in [2.75, 3.05) is 13.2 Å². The smallest absolute Gasteiger partial charge is 0.0856 e. The summed E-state index contributed by atoms with van der Waals surface area (Å²) in [7, 11) is 0. The number of hydrogen-bond donors (Lipinski definition) is 0. The summed E-state index contributed by atoms with van der Waals surface area (Å²) in [5, 5.41) is 0. The van der Waals surface area contributed by atoms with Gasteiger partial charge in [0.2, 0.25) is 0 Å². The van der Waals surface area contributed by atoms with E-state index in [-0.39, 0.29) is 0 Å². The highest BCUT2D eigenvalue weighted by Gasteiger charge is 1.89. The van der Waals surface area contributed by atoms with E-state index in [0.29, 0.717) is 13.2 Å². The van der Waals surface area contributed by atoms with Gasteiger partial charge < -0.3 is 0 Å². The van der Waals surface area contributed by atoms with Gasteiger partial charge in [-0.15, -0.1) is 0 Å². The third-order valence-corrected chi connectivity index (χ3v) is 0.986. The van der Waals surface area contributed by atoms with Gasteiger partial charge in [0.1, 0.15) is 0 Å². The second kappa shape index (κ2) is 3.64. The molecule has 0 saturated heterocycles. The molecule has 0 amide bonds. The first-order valence-corrected chi connectivity index (χ1v) is 2.89. The molecule has 2 heteroatoms. The highest BCUT2D eigenvalue weighted by Crippen LogP contribution is 1.95. The Morgan fingerprint density at radius 1 is 0.875 bits per heavy atom. The summed E-state index contributed by atoms with van der Waals surface area (Å²) in [4.78, 5) is 9.45. The largest absolute Gasteiger partial charge is 0.236 e. The summed E-state index contributed by atoms with van der Waals surface area (Å²) in [6, 6.07) is 0. The minimum absolute atomic E-state index is 0.691. The topological polar surface area (TPSA) is 18.5 Å². The molecule has 0 radical (unpaired) electrons. The molecule has 0 fully saturated rings. The zero-order valence-electron chi connectivity index (χ0n) is 4.80. The Morgan fingerprint density at radius 3 is 1.88 bits per heavy atom. The van der Waals surface area contributed by atoms with E-state index in [1.54, 1.807) is 0 Å². The van der Waals surface area contributed by atoms with Crippen LogP contribution in [0.25, 0.3) is 0 Å². The monoisotopic (exact) mass is 114 g/mol. The maximum absolute atomic E-state index is 4.72. The lowest BCUT2D eigenvalue weighted by Crippen LogP contribution is -1.99. The third-order valence-electron chi connectivity index (χ3n) is 0.986. The van der Waals surface area contributed by atoms with Gasteiger partial charge in [-0.2, -0.15) is 0 Å². The van der Waals surface area contributed by atoms with E-state index in [2.05, 4.69) is 12.2 Å². The minimum Gasteiger partial charge on any atom is -0.236 e. The lowest BCUT2D eigenvalue weighted by molar-refractivity contribution is -0.293. The molecule has 0 unspecified atom stereocenters. The molecule has 8 heavy (non-hydrogen) atoms. The van der Waals surface area contributed by atoms with Gasteiger partial charge in [0, 0.05) is 0 Å². The summed E-state index contributed by atoms with van der Waals surface area (Å²) in [6.07, 6.45) is 6.17. The molecule has 0 aromatic carbocycles. The predicted octanol–water partition coefficient (Wildman–Crippen LogP) is 1.28. The number of rotatable bonds is 0. The van der Waals surface area contributed by atoms with E-state index in [1.807, 2.05) is 0 Å². The molecule has 0 saturated carbocycles. The van der Waals surface area contributed by atoms with Crippen LogP contribution in [0, 0.1) is 0 Å². The van der Waals surface area contributed by atoms with Gasteiger partial charge >= 0.3 is 0 Å². The zero-order valence-corrected chi connectivity index (χ0v) is 4.80. The molecular weight excluding hydrogens is 104 g/mol. The first kappa shape index (κ1) is 5.79. The Morgan fingerprint density at radius 2 is 1.38 bits per heavy atom. The highest BCUT2D eigenvalue weighted by molar-refractivity contribution is 4.81. The van der Waals surface area contributed by atoms with Crippen LogP contribution < -0.4 is 0 Å². The van der Waals surface area contributed by atoms with Crippen LogP contribution >= 0.6 is 0 Å². The molecule has 2 nitrogen and oxygen atoms in total. The van der Waals surface area contributed by atoms with Crippen molar-refractivity contribution in [2.24, 2.45) is 0 Å². The first-order valence-electron chi connectivity index (χ1n) is 2.89. The lowest BCUT2D eigenvalue weighted by Gasteiger charge is -2.02. The Kier molecular flexibility index (Phi) is 2.63. The average Bonchev–Trinajstić information content (AvgIpc) is 1.62. The van der Waals surface area contributed by atoms with E-state index in [9.17, 15) is 0 Å². The minimum atomic E-state index is 0.691. The van der Waals surface area contributed by atoms with Crippen LogP contribution in [-0.4, -0.2) is 13.2 Å². The van der Waals surface area contributed by atoms with E-state index in [1.165, 1.54) is 0 Å². The average molecular weight is 114 g/mol. The van der Waals surface area contributed by atoms with Gasteiger partial charge in [0.25, 0.3) is 0 Å². The van der Waals surface area contributed by atoms with Crippen molar-refractivity contribution in [3.05, 3.63) is 12.2 Å². The fourth-order valence-electron chi connectivity index (χ4n) is 0.586. The van der Waals surface area contributed by atoms with Gasteiger partial charge in [-0.05, 0) is 12.8 Å². The van der Waals surface area contributed by atoms with E-state index in [0.717, 1.165) is 12.8 Å². The molecule has 0 atom stereocenters. The lowest BCUT2D eigenvalue weighted by atomic mass is 10.3. The summed E-state index contributed by atoms with van der Waals surface area (Å²) in [5.74, 6) is 0. The Hall–Kier alpha value is -0.340. The summed E-state index contributed by atoms with van der Waals surface area (Å²) >= 11 is 0.